The van der Waals surface area contributed by atoms with Crippen molar-refractivity contribution in [2.75, 3.05) is 6.61 Å². The highest BCUT2D eigenvalue weighted by Crippen LogP contribution is 2.04. The number of nitrogens with zero attached hydrogens (tertiary/aromatic N) is 1. The minimum Gasteiger partial charge on any atom is -0.396 e. The monoisotopic (exact) mass is 175 g/mol. The minimum absolute atomic E-state index is 0.260. The smallest absolute Gasteiger partial charge is 0.112 e. The van der Waals surface area contributed by atoms with Crippen LogP contribution in [0.15, 0.2) is 18.3 Å². The molecule has 2 nitrogen and oxygen atoms in total. The summed E-state index contributed by atoms with van der Waals surface area (Å²) in [7, 11) is 0. The van der Waals surface area contributed by atoms with Crippen LogP contribution >= 0.6 is 0 Å². The molecule has 0 saturated carbocycles. The summed E-state index contributed by atoms with van der Waals surface area (Å²) in [5, 5.41) is 8.58. The highest BCUT2D eigenvalue weighted by atomic mass is 16.2. The highest BCUT2D eigenvalue weighted by Gasteiger charge is 1.93. The van der Waals surface area contributed by atoms with Gasteiger partial charge in [-0.05, 0) is 30.9 Å². The van der Waals surface area contributed by atoms with Gasteiger partial charge in [0.1, 0.15) is 5.69 Å². The van der Waals surface area contributed by atoms with Crippen LogP contribution in [-0.4, -0.2) is 16.7 Å². The van der Waals surface area contributed by atoms with E-state index in [4.69, 9.17) is 11.5 Å². The third-order valence-electron chi connectivity index (χ3n) is 1.85. The zero-order chi connectivity index (χ0) is 9.52. The molecule has 68 valence electrons. The van der Waals surface area contributed by atoms with Gasteiger partial charge in [-0.25, -0.2) is 4.98 Å². The van der Waals surface area contributed by atoms with Crippen molar-refractivity contribution in [1.82, 2.24) is 4.98 Å². The molecule has 1 N–H and O–H groups in total. The summed E-state index contributed by atoms with van der Waals surface area (Å²) >= 11 is 0. The topological polar surface area (TPSA) is 33.1 Å². The van der Waals surface area contributed by atoms with Gasteiger partial charge in [-0.15, -0.1) is 6.42 Å². The second kappa shape index (κ2) is 5.34. The number of aliphatic hydroxyl groups excluding tert-OH is 1. The predicted molar refractivity (Wildman–Crippen MR) is 52.2 cm³/mol. The van der Waals surface area contributed by atoms with Crippen molar-refractivity contribution >= 4 is 0 Å². The van der Waals surface area contributed by atoms with Crippen LogP contribution in [0.2, 0.25) is 0 Å². The number of aromatic nitrogens is 1. The first-order valence-corrected chi connectivity index (χ1v) is 4.39. The predicted octanol–water partition coefficient (Wildman–Crippen LogP) is 1.38. The molecule has 0 bridgehead atoms. The first kappa shape index (κ1) is 9.76. The summed E-state index contributed by atoms with van der Waals surface area (Å²) in [5.74, 6) is 2.47. The van der Waals surface area contributed by atoms with E-state index >= 15 is 0 Å². The molecule has 0 radical (unpaired) electrons. The molecule has 1 rings (SSSR count). The Hall–Kier alpha value is -1.33. The normalized spacial score (nSPS) is 9.54. The SMILES string of the molecule is C#Cc1ccc(CCCCO)cn1. The van der Waals surface area contributed by atoms with Gasteiger partial charge >= 0.3 is 0 Å². The molecule has 0 spiro atoms. The molecule has 2 heteroatoms. The van der Waals surface area contributed by atoms with Crippen molar-refractivity contribution in [1.29, 1.82) is 0 Å². The van der Waals surface area contributed by atoms with Crippen LogP contribution in [0.4, 0.5) is 0 Å². The fraction of sp³-hybridized carbons (Fsp3) is 0.364. The number of unbranched alkanes of at least 4 members (excludes halogenated alkanes) is 1. The van der Waals surface area contributed by atoms with Crippen LogP contribution in [0, 0.1) is 12.3 Å². The number of hydrogen-bond acceptors (Lipinski definition) is 2. The van der Waals surface area contributed by atoms with Crippen molar-refractivity contribution in [2.45, 2.75) is 19.3 Å². The Kier molecular flexibility index (Phi) is 4.01. The molecule has 1 heterocycles. The Balaban J connectivity index is 2.46. The Morgan fingerprint density at radius 1 is 1.38 bits per heavy atom. The zero-order valence-electron chi connectivity index (χ0n) is 7.53. The average Bonchev–Trinajstić information content (AvgIpc) is 2.19. The zero-order valence-corrected chi connectivity index (χ0v) is 7.53. The van der Waals surface area contributed by atoms with Gasteiger partial charge in [0.15, 0.2) is 0 Å². The van der Waals surface area contributed by atoms with Gasteiger partial charge in [-0.3, -0.25) is 0 Å². The van der Waals surface area contributed by atoms with Crippen molar-refractivity contribution in [3.8, 4) is 12.3 Å². The summed E-state index contributed by atoms with van der Waals surface area (Å²) in [6.45, 7) is 0.260. The lowest BCUT2D eigenvalue weighted by Crippen LogP contribution is -1.90. The quantitative estimate of drug-likeness (QED) is 0.554. The number of aryl methyl sites for hydroxylation is 1. The number of rotatable bonds is 4. The Bertz CT molecular complexity index is 284. The van der Waals surface area contributed by atoms with Crippen LogP contribution in [0.1, 0.15) is 24.1 Å². The molecule has 0 aromatic carbocycles. The maximum atomic E-state index is 8.58. The Morgan fingerprint density at radius 3 is 2.77 bits per heavy atom. The Morgan fingerprint density at radius 2 is 2.23 bits per heavy atom. The van der Waals surface area contributed by atoms with Gasteiger partial charge in [0.2, 0.25) is 0 Å². The van der Waals surface area contributed by atoms with E-state index in [1.807, 2.05) is 12.1 Å². The maximum Gasteiger partial charge on any atom is 0.112 e. The second-order valence-corrected chi connectivity index (χ2v) is 2.88. The van der Waals surface area contributed by atoms with E-state index in [1.54, 1.807) is 6.20 Å². The molecule has 0 saturated heterocycles. The molecule has 0 aliphatic carbocycles. The molecule has 0 atom stereocenters. The summed E-state index contributed by atoms with van der Waals surface area (Å²) < 4.78 is 0. The van der Waals surface area contributed by atoms with Gasteiger partial charge in [0, 0.05) is 12.8 Å². The first-order valence-electron chi connectivity index (χ1n) is 4.39. The lowest BCUT2D eigenvalue weighted by molar-refractivity contribution is 0.284. The lowest BCUT2D eigenvalue weighted by atomic mass is 10.1. The fourth-order valence-electron chi connectivity index (χ4n) is 1.10. The summed E-state index contributed by atoms with van der Waals surface area (Å²) in [5.41, 5.74) is 1.85. The van der Waals surface area contributed by atoms with Crippen LogP contribution in [0.3, 0.4) is 0 Å². The Labute approximate surface area is 78.6 Å². The minimum atomic E-state index is 0.260. The maximum absolute atomic E-state index is 8.58. The van der Waals surface area contributed by atoms with Crippen molar-refractivity contribution in [2.24, 2.45) is 0 Å². The van der Waals surface area contributed by atoms with Gasteiger partial charge in [0.25, 0.3) is 0 Å². The van der Waals surface area contributed by atoms with E-state index in [0.29, 0.717) is 5.69 Å². The summed E-state index contributed by atoms with van der Waals surface area (Å²) in [4.78, 5) is 4.08. The van der Waals surface area contributed by atoms with E-state index in [9.17, 15) is 0 Å². The number of hydrogen-bond donors (Lipinski definition) is 1. The number of terminal acetylenes is 1. The third-order valence-corrected chi connectivity index (χ3v) is 1.85. The molecule has 1 aromatic heterocycles. The molecule has 0 aliphatic rings. The average molecular weight is 175 g/mol. The second-order valence-electron chi connectivity index (χ2n) is 2.88. The molecular weight excluding hydrogens is 162 g/mol. The lowest BCUT2D eigenvalue weighted by Gasteiger charge is -1.99. The molecule has 0 unspecified atom stereocenters. The van der Waals surface area contributed by atoms with Gasteiger partial charge in [-0.1, -0.05) is 12.0 Å². The van der Waals surface area contributed by atoms with E-state index in [1.165, 1.54) is 5.56 Å². The van der Waals surface area contributed by atoms with Crippen LogP contribution in [0.5, 0.6) is 0 Å². The number of pyridine rings is 1. The van der Waals surface area contributed by atoms with Gasteiger partial charge in [-0.2, -0.15) is 0 Å². The summed E-state index contributed by atoms with van der Waals surface area (Å²) in [6, 6.07) is 3.83. The van der Waals surface area contributed by atoms with Crippen molar-refractivity contribution < 1.29 is 5.11 Å². The highest BCUT2D eigenvalue weighted by molar-refractivity contribution is 5.26. The first-order chi connectivity index (χ1) is 6.36. The van der Waals surface area contributed by atoms with Crippen molar-refractivity contribution in [3.05, 3.63) is 29.6 Å². The standard InChI is InChI=1S/C11H13NO/c1-2-11-7-6-10(9-12-11)5-3-4-8-13/h1,6-7,9,13H,3-5,8H2. The fourth-order valence-corrected chi connectivity index (χ4v) is 1.10. The summed E-state index contributed by atoms with van der Waals surface area (Å²) in [6.07, 6.45) is 9.77. The molecule has 0 amide bonds. The van der Waals surface area contributed by atoms with Gasteiger partial charge < -0.3 is 5.11 Å². The molecule has 0 fully saturated rings. The van der Waals surface area contributed by atoms with E-state index < -0.39 is 0 Å². The molecular formula is C11H13NO. The van der Waals surface area contributed by atoms with E-state index in [-0.39, 0.29) is 6.61 Å². The van der Waals surface area contributed by atoms with Crippen LogP contribution in [0.25, 0.3) is 0 Å². The van der Waals surface area contributed by atoms with Gasteiger partial charge in [0.05, 0.1) is 0 Å². The number of aliphatic hydroxyl groups is 1. The molecule has 13 heavy (non-hydrogen) atoms. The van der Waals surface area contributed by atoms with E-state index in [2.05, 4.69) is 10.9 Å². The molecule has 0 aliphatic heterocycles. The largest absolute Gasteiger partial charge is 0.396 e. The van der Waals surface area contributed by atoms with Crippen LogP contribution in [-0.2, 0) is 6.42 Å². The van der Waals surface area contributed by atoms with Crippen molar-refractivity contribution in [3.63, 3.8) is 0 Å². The van der Waals surface area contributed by atoms with Crippen LogP contribution < -0.4 is 0 Å². The third kappa shape index (κ3) is 3.27. The molecule has 1 aromatic rings. The van der Waals surface area contributed by atoms with E-state index in [0.717, 1.165) is 19.3 Å².